The van der Waals surface area contributed by atoms with E-state index in [0.29, 0.717) is 0 Å². The molecule has 1 rings (SSSR count). The van der Waals surface area contributed by atoms with Gasteiger partial charge in [-0.05, 0) is 14.6 Å². The highest BCUT2D eigenvalue weighted by atomic mass is 31.1. The van der Waals surface area contributed by atoms with Crippen molar-refractivity contribution in [3.8, 4) is 6.13 Å². The highest BCUT2D eigenvalue weighted by Gasteiger charge is 2.16. The van der Waals surface area contributed by atoms with Crippen LogP contribution in [0, 0.1) is 6.13 Å². The molecule has 1 aliphatic rings. The molecule has 1 fully saturated rings. The number of hydrogen-bond donors (Lipinski definition) is 0. The van der Waals surface area contributed by atoms with Gasteiger partial charge in [-0.15, -0.1) is 6.13 Å². The normalized spacial score (nSPS) is 27.4. The van der Waals surface area contributed by atoms with E-state index in [9.17, 15) is 0 Å². The van der Waals surface area contributed by atoms with Crippen LogP contribution in [-0.2, 0) is 0 Å². The summed E-state index contributed by atoms with van der Waals surface area (Å²) in [5, 5.41) is 1.21. The summed E-state index contributed by atoms with van der Waals surface area (Å²) in [4.78, 5) is 0. The van der Waals surface area contributed by atoms with Gasteiger partial charge < -0.3 is 0 Å². The first-order chi connectivity index (χ1) is 3.22. The Morgan fingerprint density at radius 2 is 2.57 bits per heavy atom. The lowest BCUT2D eigenvalue weighted by Gasteiger charge is -2.29. The summed E-state index contributed by atoms with van der Waals surface area (Å²) in [6, 6.07) is 0. The van der Waals surface area contributed by atoms with Crippen molar-refractivity contribution in [1.29, 1.82) is 0 Å². The lowest BCUT2D eigenvalue weighted by molar-refractivity contribution is 0.580. The first-order valence-corrected chi connectivity index (χ1v) is 3.52. The molecule has 1 aliphatic heterocycles. The van der Waals surface area contributed by atoms with Gasteiger partial charge in [0.2, 0.25) is 0 Å². The highest BCUT2D eigenvalue weighted by molar-refractivity contribution is 7.50. The van der Waals surface area contributed by atoms with E-state index in [1.54, 1.807) is 0 Å². The van der Waals surface area contributed by atoms with Crippen molar-refractivity contribution in [1.82, 2.24) is 4.67 Å². The maximum Gasteiger partial charge on any atom is 0.0366 e. The lowest BCUT2D eigenvalue weighted by Crippen LogP contribution is -2.20. The summed E-state index contributed by atoms with van der Waals surface area (Å²) >= 11 is 0. The van der Waals surface area contributed by atoms with Gasteiger partial charge in [-0.1, -0.05) is 6.58 Å². The van der Waals surface area contributed by atoms with Gasteiger partial charge in [0.1, 0.15) is 0 Å². The number of nitrogens with zero attached hydrogens (tertiary/aromatic N) is 1. The van der Waals surface area contributed by atoms with Gasteiger partial charge in [0, 0.05) is 11.9 Å². The first kappa shape index (κ1) is 4.93. The van der Waals surface area contributed by atoms with Crippen LogP contribution in [0.5, 0.6) is 0 Å². The van der Waals surface area contributed by atoms with Gasteiger partial charge in [-0.25, -0.2) is 0 Å². The second kappa shape index (κ2) is 1.38. The zero-order valence-electron chi connectivity index (χ0n) is 4.39. The quantitative estimate of drug-likeness (QED) is 0.429. The summed E-state index contributed by atoms with van der Waals surface area (Å²) in [5.74, 6) is 0. The van der Waals surface area contributed by atoms with E-state index in [4.69, 9.17) is 6.13 Å². The zero-order chi connectivity index (χ0) is 5.44. The molecular formula is C5H8NP. The summed E-state index contributed by atoms with van der Waals surface area (Å²) < 4.78 is 2.11. The van der Waals surface area contributed by atoms with Crippen molar-refractivity contribution in [2.45, 2.75) is 0 Å². The first-order valence-electron chi connectivity index (χ1n) is 2.15. The Labute approximate surface area is 44.7 Å². The maximum atomic E-state index is 5.56. The lowest BCUT2D eigenvalue weighted by atomic mass is 10.6. The Hall–Kier alpha value is -0.220. The Morgan fingerprint density at radius 1 is 2.00 bits per heavy atom. The molecule has 2 heteroatoms. The summed E-state index contributed by atoms with van der Waals surface area (Å²) in [6.45, 7) is 4.76. The van der Waals surface area contributed by atoms with Gasteiger partial charge in [0.05, 0.1) is 0 Å². The van der Waals surface area contributed by atoms with E-state index in [-0.39, 0.29) is 0 Å². The van der Waals surface area contributed by atoms with Crippen LogP contribution in [-0.4, -0.2) is 18.3 Å². The largest absolute Gasteiger partial charge is 0.254 e. The molecule has 0 radical (unpaired) electrons. The molecule has 0 aromatic rings. The molecule has 0 bridgehead atoms. The fraction of sp³-hybridized carbons (Fsp3) is 0.400. The zero-order valence-corrected chi connectivity index (χ0v) is 5.28. The van der Waals surface area contributed by atoms with E-state index < -0.39 is 7.53 Å². The molecule has 1 unspecified atom stereocenters. The third kappa shape index (κ3) is 0.595. The van der Waals surface area contributed by atoms with Crippen LogP contribution in [0.1, 0.15) is 0 Å². The molecule has 7 heavy (non-hydrogen) atoms. The molecule has 1 atom stereocenters. The second-order valence-electron chi connectivity index (χ2n) is 1.73. The van der Waals surface area contributed by atoms with E-state index in [0.717, 1.165) is 6.54 Å². The topological polar surface area (TPSA) is 3.24 Å². The predicted molar refractivity (Wildman–Crippen MR) is 33.6 cm³/mol. The monoisotopic (exact) mass is 113 g/mol. The van der Waals surface area contributed by atoms with Crippen molar-refractivity contribution < 1.29 is 0 Å². The SMILES string of the molecule is C#P1C(=C)CN1C. The minimum absolute atomic E-state index is 0.401. The molecule has 38 valence electrons. The molecule has 1 nitrogen and oxygen atoms in total. The molecule has 0 aromatic heterocycles. The minimum atomic E-state index is -0.401. The van der Waals surface area contributed by atoms with Crippen molar-refractivity contribution in [3.63, 3.8) is 0 Å². The summed E-state index contributed by atoms with van der Waals surface area (Å²) in [6.07, 6.45) is 5.56. The maximum absolute atomic E-state index is 5.56. The van der Waals surface area contributed by atoms with E-state index >= 15 is 0 Å². The molecule has 0 spiro atoms. The fourth-order valence-corrected chi connectivity index (χ4v) is 1.51. The van der Waals surface area contributed by atoms with Gasteiger partial charge in [-0.2, -0.15) is 0 Å². The van der Waals surface area contributed by atoms with Gasteiger partial charge in [-0.3, -0.25) is 4.67 Å². The molecular weight excluding hydrogens is 105 g/mol. The molecule has 0 aromatic carbocycles. The van der Waals surface area contributed by atoms with Crippen LogP contribution in [0.3, 0.4) is 0 Å². The predicted octanol–water partition coefficient (Wildman–Crippen LogP) is 1.43. The number of rotatable bonds is 0. The second-order valence-corrected chi connectivity index (χ2v) is 3.73. The molecule has 0 saturated carbocycles. The molecule has 1 saturated heterocycles. The fourth-order valence-electron chi connectivity index (χ4n) is 0.576. The molecule has 1 heterocycles. The summed E-state index contributed by atoms with van der Waals surface area (Å²) in [5.41, 5.74) is 0. The van der Waals surface area contributed by atoms with E-state index in [1.165, 1.54) is 5.31 Å². The van der Waals surface area contributed by atoms with E-state index in [2.05, 4.69) is 11.2 Å². The van der Waals surface area contributed by atoms with Crippen LogP contribution in [0.25, 0.3) is 0 Å². The summed E-state index contributed by atoms with van der Waals surface area (Å²) in [7, 11) is 1.61. The Morgan fingerprint density at radius 3 is 2.57 bits per heavy atom. The van der Waals surface area contributed by atoms with Crippen molar-refractivity contribution in [2.75, 3.05) is 13.6 Å². The van der Waals surface area contributed by atoms with Gasteiger partial charge in [0.15, 0.2) is 0 Å². The third-order valence-corrected chi connectivity index (χ3v) is 2.77. The molecule has 0 N–H and O–H groups in total. The molecule has 0 amide bonds. The average molecular weight is 113 g/mol. The third-order valence-electron chi connectivity index (χ3n) is 1.10. The van der Waals surface area contributed by atoms with Crippen molar-refractivity contribution in [3.05, 3.63) is 11.9 Å². The Kier molecular flexibility index (Phi) is 0.972. The standard InChI is InChI=1S/C5H8NP/c1-5-4-6(2)7(5)3/h3H,1,4H2,2H3. The van der Waals surface area contributed by atoms with Crippen molar-refractivity contribution >= 4 is 7.53 Å². The molecule has 0 aliphatic carbocycles. The van der Waals surface area contributed by atoms with Crippen molar-refractivity contribution in [2.24, 2.45) is 0 Å². The Balaban J connectivity index is 2.66. The Bertz CT molecular complexity index is 163. The number of likely N-dealkylation sites (N-methyl/N-ethyl adjacent to an activating group) is 1. The van der Waals surface area contributed by atoms with Crippen LogP contribution in [0.15, 0.2) is 11.9 Å². The van der Waals surface area contributed by atoms with Gasteiger partial charge >= 0.3 is 0 Å². The smallest absolute Gasteiger partial charge is 0.0366 e. The van der Waals surface area contributed by atoms with Crippen LogP contribution >= 0.6 is 7.53 Å². The minimum Gasteiger partial charge on any atom is -0.254 e. The van der Waals surface area contributed by atoms with Crippen LogP contribution < -0.4 is 0 Å². The van der Waals surface area contributed by atoms with Gasteiger partial charge in [0.25, 0.3) is 0 Å². The number of hydrogen-bond acceptors (Lipinski definition) is 1. The average Bonchev–Trinajstić information content (AvgIpc) is 1.68. The van der Waals surface area contributed by atoms with E-state index in [1.807, 2.05) is 7.05 Å². The highest BCUT2D eigenvalue weighted by Crippen LogP contribution is 2.41. The van der Waals surface area contributed by atoms with Crippen LogP contribution in [0.4, 0.5) is 0 Å². The van der Waals surface area contributed by atoms with Crippen LogP contribution in [0.2, 0.25) is 0 Å².